The second-order valence-electron chi connectivity index (χ2n) is 2.44. The van der Waals surface area contributed by atoms with E-state index in [-0.39, 0.29) is 5.76 Å². The smallest absolute Gasteiger partial charge is 0.107 e. The fourth-order valence-electron chi connectivity index (χ4n) is 0.959. The van der Waals surface area contributed by atoms with E-state index >= 15 is 0 Å². The van der Waals surface area contributed by atoms with Crippen LogP contribution in [0.3, 0.4) is 0 Å². The van der Waals surface area contributed by atoms with Crippen molar-refractivity contribution in [3.63, 3.8) is 0 Å². The van der Waals surface area contributed by atoms with Gasteiger partial charge < -0.3 is 5.11 Å². The van der Waals surface area contributed by atoms with Gasteiger partial charge in [-0.2, -0.15) is 5.26 Å². The molecule has 60 valence electrons. The first-order chi connectivity index (χ1) is 5.75. The topological polar surface area (TPSA) is 44.0 Å². The number of nitriles is 1. The highest BCUT2D eigenvalue weighted by molar-refractivity contribution is 5.77. The number of hydrogen-bond acceptors (Lipinski definition) is 2. The summed E-state index contributed by atoms with van der Waals surface area (Å²) in [5, 5.41) is 17.8. The molecule has 2 heteroatoms. The van der Waals surface area contributed by atoms with E-state index in [0.717, 1.165) is 5.56 Å². The Morgan fingerprint density at radius 2 is 1.92 bits per heavy atom. The summed E-state index contributed by atoms with van der Waals surface area (Å²) in [6.07, 6.45) is 0. The zero-order valence-corrected chi connectivity index (χ0v) is 6.78. The van der Waals surface area contributed by atoms with Crippen molar-refractivity contribution in [2.45, 2.75) is 6.92 Å². The lowest BCUT2D eigenvalue weighted by Gasteiger charge is -1.98. The van der Waals surface area contributed by atoms with Gasteiger partial charge in [-0.1, -0.05) is 30.3 Å². The number of aliphatic hydroxyl groups is 1. The molecular formula is C10H9NO. The molecule has 0 atom stereocenters. The first-order valence-electron chi connectivity index (χ1n) is 3.61. The van der Waals surface area contributed by atoms with E-state index in [1.54, 1.807) is 12.1 Å². The van der Waals surface area contributed by atoms with E-state index in [9.17, 15) is 0 Å². The number of aliphatic hydroxyl groups excluding tert-OH is 1. The van der Waals surface area contributed by atoms with Gasteiger partial charge in [0.25, 0.3) is 0 Å². The van der Waals surface area contributed by atoms with E-state index < -0.39 is 0 Å². The third-order valence-electron chi connectivity index (χ3n) is 1.54. The zero-order valence-electron chi connectivity index (χ0n) is 6.78. The molecule has 0 aliphatic heterocycles. The second kappa shape index (κ2) is 3.59. The quantitative estimate of drug-likeness (QED) is 0.505. The molecule has 12 heavy (non-hydrogen) atoms. The van der Waals surface area contributed by atoms with E-state index in [1.165, 1.54) is 6.92 Å². The zero-order chi connectivity index (χ0) is 8.97. The normalized spacial score (nSPS) is 11.7. The van der Waals surface area contributed by atoms with Gasteiger partial charge in [0, 0.05) is 0 Å². The Morgan fingerprint density at radius 3 is 2.33 bits per heavy atom. The van der Waals surface area contributed by atoms with Gasteiger partial charge in [-0.05, 0) is 12.5 Å². The van der Waals surface area contributed by atoms with Crippen LogP contribution in [0.4, 0.5) is 0 Å². The third kappa shape index (κ3) is 1.64. The highest BCUT2D eigenvalue weighted by Gasteiger charge is 2.02. The lowest BCUT2D eigenvalue weighted by molar-refractivity contribution is 0.418. The maximum absolute atomic E-state index is 9.12. The predicted molar refractivity (Wildman–Crippen MR) is 47.3 cm³/mol. The second-order valence-corrected chi connectivity index (χ2v) is 2.44. The minimum Gasteiger partial charge on any atom is -0.511 e. The lowest BCUT2D eigenvalue weighted by atomic mass is 10.1. The van der Waals surface area contributed by atoms with Crippen LogP contribution in [0.1, 0.15) is 12.5 Å². The van der Waals surface area contributed by atoms with Gasteiger partial charge in [-0.15, -0.1) is 0 Å². The minimum atomic E-state index is 0.0590. The molecule has 0 radical (unpaired) electrons. The van der Waals surface area contributed by atoms with Crippen molar-refractivity contribution in [2.24, 2.45) is 0 Å². The Morgan fingerprint density at radius 1 is 1.33 bits per heavy atom. The van der Waals surface area contributed by atoms with Crippen LogP contribution in [-0.2, 0) is 0 Å². The molecule has 0 aliphatic rings. The molecule has 0 amide bonds. The Hall–Kier alpha value is -1.75. The molecule has 0 aliphatic carbocycles. The van der Waals surface area contributed by atoms with Gasteiger partial charge in [0.05, 0.1) is 5.57 Å². The molecule has 0 aromatic heterocycles. The van der Waals surface area contributed by atoms with Crippen molar-refractivity contribution < 1.29 is 5.11 Å². The van der Waals surface area contributed by atoms with E-state index in [4.69, 9.17) is 10.4 Å². The highest BCUT2D eigenvalue weighted by atomic mass is 16.3. The van der Waals surface area contributed by atoms with Gasteiger partial charge in [0.2, 0.25) is 0 Å². The molecule has 1 aromatic carbocycles. The highest BCUT2D eigenvalue weighted by Crippen LogP contribution is 2.15. The Labute approximate surface area is 71.4 Å². The molecule has 1 rings (SSSR count). The summed E-state index contributed by atoms with van der Waals surface area (Å²) in [6, 6.07) is 11.1. The summed E-state index contributed by atoms with van der Waals surface area (Å²) in [4.78, 5) is 0. The summed E-state index contributed by atoms with van der Waals surface area (Å²) >= 11 is 0. The van der Waals surface area contributed by atoms with Crippen molar-refractivity contribution in [3.05, 3.63) is 41.7 Å². The molecule has 0 heterocycles. The number of hydrogen-bond donors (Lipinski definition) is 1. The van der Waals surface area contributed by atoms with Crippen molar-refractivity contribution in [2.75, 3.05) is 0 Å². The largest absolute Gasteiger partial charge is 0.511 e. The maximum atomic E-state index is 9.12. The number of rotatable bonds is 1. The van der Waals surface area contributed by atoms with E-state index in [0.29, 0.717) is 5.57 Å². The summed E-state index contributed by atoms with van der Waals surface area (Å²) in [5.41, 5.74) is 1.08. The first kappa shape index (κ1) is 8.35. The molecule has 0 fully saturated rings. The van der Waals surface area contributed by atoms with Crippen LogP contribution >= 0.6 is 0 Å². The van der Waals surface area contributed by atoms with Crippen molar-refractivity contribution in [1.29, 1.82) is 5.26 Å². The summed E-state index contributed by atoms with van der Waals surface area (Å²) in [5.74, 6) is 0.0590. The third-order valence-corrected chi connectivity index (χ3v) is 1.54. The van der Waals surface area contributed by atoms with Gasteiger partial charge in [0.15, 0.2) is 0 Å². The molecule has 1 aromatic rings. The molecular weight excluding hydrogens is 150 g/mol. The van der Waals surface area contributed by atoms with E-state index in [2.05, 4.69) is 0 Å². The lowest BCUT2D eigenvalue weighted by Crippen LogP contribution is -1.84. The molecule has 0 saturated heterocycles. The molecule has 0 saturated carbocycles. The first-order valence-corrected chi connectivity index (χ1v) is 3.61. The Balaban J connectivity index is 3.17. The fourth-order valence-corrected chi connectivity index (χ4v) is 0.959. The van der Waals surface area contributed by atoms with Gasteiger partial charge in [0.1, 0.15) is 11.8 Å². The summed E-state index contributed by atoms with van der Waals surface area (Å²) in [6.45, 7) is 1.51. The summed E-state index contributed by atoms with van der Waals surface area (Å²) in [7, 11) is 0. The molecule has 0 spiro atoms. The predicted octanol–water partition coefficient (Wildman–Crippen LogP) is 2.50. The molecule has 2 nitrogen and oxygen atoms in total. The average Bonchev–Trinajstić information content (AvgIpc) is 2.07. The van der Waals surface area contributed by atoms with Crippen molar-refractivity contribution in [3.8, 4) is 6.07 Å². The molecule has 0 bridgehead atoms. The van der Waals surface area contributed by atoms with Crippen LogP contribution in [-0.4, -0.2) is 5.11 Å². The van der Waals surface area contributed by atoms with Crippen LogP contribution in [0.15, 0.2) is 36.1 Å². The molecule has 1 N–H and O–H groups in total. The number of allylic oxidation sites excluding steroid dienone is 2. The summed E-state index contributed by atoms with van der Waals surface area (Å²) < 4.78 is 0. The fraction of sp³-hybridized carbons (Fsp3) is 0.100. The molecule has 0 unspecified atom stereocenters. The maximum Gasteiger partial charge on any atom is 0.107 e. The van der Waals surface area contributed by atoms with Gasteiger partial charge >= 0.3 is 0 Å². The van der Waals surface area contributed by atoms with Crippen LogP contribution in [0, 0.1) is 11.3 Å². The average molecular weight is 159 g/mol. The van der Waals surface area contributed by atoms with Crippen LogP contribution in [0.5, 0.6) is 0 Å². The SMILES string of the molecule is CC(O)=C(C#N)c1ccccc1. The van der Waals surface area contributed by atoms with Crippen LogP contribution < -0.4 is 0 Å². The van der Waals surface area contributed by atoms with Gasteiger partial charge in [-0.25, -0.2) is 0 Å². The standard InChI is InChI=1S/C10H9NO/c1-8(12)10(7-11)9-5-3-2-4-6-9/h2-6,12H,1H3. The van der Waals surface area contributed by atoms with Gasteiger partial charge in [-0.3, -0.25) is 0 Å². The van der Waals surface area contributed by atoms with Crippen LogP contribution in [0.2, 0.25) is 0 Å². The number of nitrogens with zero attached hydrogens (tertiary/aromatic N) is 1. The Bertz CT molecular complexity index is 329. The van der Waals surface area contributed by atoms with Crippen molar-refractivity contribution in [1.82, 2.24) is 0 Å². The van der Waals surface area contributed by atoms with E-state index in [1.807, 2.05) is 24.3 Å². The number of benzene rings is 1. The monoisotopic (exact) mass is 159 g/mol. The van der Waals surface area contributed by atoms with Crippen LogP contribution in [0.25, 0.3) is 5.57 Å². The Kier molecular flexibility index (Phi) is 2.49. The van der Waals surface area contributed by atoms with Crippen molar-refractivity contribution >= 4 is 5.57 Å². The minimum absolute atomic E-state index is 0.0590.